The number of likely N-dealkylation sites (N-methyl/N-ethyl adjacent to an activating group) is 1. The standard InChI is InChI=1S/C29H29ClF2N4O4S2/c1-34(2)22-8-4-19-5-11-24(15-20(19)14-22)41-35(3)12-13-36(18-28(37)33-38)42(39)25-16-26(31)29(27(32)17-25)40-23-9-6-21(30)7-10-23/h4-11,14-17,38H,12-13,18H2,1-3H3,(H,33,37). The second-order valence-corrected chi connectivity index (χ2v) is 12.7. The molecule has 0 aromatic heterocycles. The van der Waals surface area contributed by atoms with Crippen molar-refractivity contribution in [1.29, 1.82) is 0 Å². The van der Waals surface area contributed by atoms with Crippen LogP contribution < -0.4 is 15.1 Å². The van der Waals surface area contributed by atoms with Gasteiger partial charge in [0, 0.05) is 42.8 Å². The van der Waals surface area contributed by atoms with E-state index in [1.165, 1.54) is 46.0 Å². The maximum absolute atomic E-state index is 14.9. The van der Waals surface area contributed by atoms with Crippen LogP contribution in [-0.4, -0.2) is 64.7 Å². The third-order valence-electron chi connectivity index (χ3n) is 6.12. The lowest BCUT2D eigenvalue weighted by Gasteiger charge is -2.23. The third-order valence-corrected chi connectivity index (χ3v) is 8.75. The Labute approximate surface area is 254 Å². The van der Waals surface area contributed by atoms with Gasteiger partial charge in [0.25, 0.3) is 5.91 Å². The van der Waals surface area contributed by atoms with Crippen LogP contribution in [0.25, 0.3) is 10.8 Å². The minimum absolute atomic E-state index is 0.0775. The number of hydroxylamine groups is 1. The van der Waals surface area contributed by atoms with Crippen LogP contribution in [0.15, 0.2) is 82.6 Å². The molecule has 4 aromatic carbocycles. The Hall–Kier alpha value is -3.26. The number of rotatable bonds is 12. The van der Waals surface area contributed by atoms with Crippen molar-refractivity contribution in [3.8, 4) is 11.5 Å². The van der Waals surface area contributed by atoms with Crippen molar-refractivity contribution >= 4 is 56.9 Å². The van der Waals surface area contributed by atoms with Crippen molar-refractivity contribution in [3.63, 3.8) is 0 Å². The van der Waals surface area contributed by atoms with Crippen LogP contribution in [0.4, 0.5) is 14.5 Å². The molecule has 0 spiro atoms. The molecule has 0 radical (unpaired) electrons. The van der Waals surface area contributed by atoms with Crippen molar-refractivity contribution in [2.45, 2.75) is 9.79 Å². The average Bonchev–Trinajstić information content (AvgIpc) is 2.97. The predicted molar refractivity (Wildman–Crippen MR) is 163 cm³/mol. The number of hydrogen-bond donors (Lipinski definition) is 2. The molecule has 4 rings (SSSR count). The smallest absolute Gasteiger partial charge is 0.258 e. The molecule has 222 valence electrons. The molecule has 0 saturated heterocycles. The molecule has 8 nitrogen and oxygen atoms in total. The summed E-state index contributed by atoms with van der Waals surface area (Å²) in [6.07, 6.45) is 0. The van der Waals surface area contributed by atoms with E-state index in [1.54, 1.807) is 0 Å². The normalized spacial score (nSPS) is 12.1. The number of fused-ring (bicyclic) bond motifs is 1. The van der Waals surface area contributed by atoms with Crippen molar-refractivity contribution in [1.82, 2.24) is 14.1 Å². The molecule has 1 atom stereocenters. The van der Waals surface area contributed by atoms with Crippen LogP contribution in [0.2, 0.25) is 5.02 Å². The minimum Gasteiger partial charge on any atom is -0.451 e. The minimum atomic E-state index is -2.14. The molecule has 1 amide bonds. The molecular weight excluding hydrogens is 606 g/mol. The van der Waals surface area contributed by atoms with Gasteiger partial charge in [-0.3, -0.25) is 10.0 Å². The van der Waals surface area contributed by atoms with E-state index < -0.39 is 40.8 Å². The van der Waals surface area contributed by atoms with Gasteiger partial charge >= 0.3 is 0 Å². The molecule has 2 N–H and O–H groups in total. The van der Waals surface area contributed by atoms with Crippen LogP contribution in [0, 0.1) is 11.6 Å². The second-order valence-electron chi connectivity index (χ2n) is 9.45. The number of nitrogens with zero attached hydrogens (tertiary/aromatic N) is 3. The zero-order chi connectivity index (χ0) is 30.4. The molecule has 0 aliphatic heterocycles. The van der Waals surface area contributed by atoms with Gasteiger partial charge in [0.05, 0.1) is 11.4 Å². The molecule has 0 heterocycles. The molecule has 4 aromatic rings. The molecule has 0 aliphatic carbocycles. The Morgan fingerprint density at radius 3 is 2.26 bits per heavy atom. The van der Waals surface area contributed by atoms with Crippen LogP contribution >= 0.6 is 23.5 Å². The van der Waals surface area contributed by atoms with E-state index in [9.17, 15) is 17.8 Å². The first-order chi connectivity index (χ1) is 20.0. The lowest BCUT2D eigenvalue weighted by Crippen LogP contribution is -2.40. The number of benzene rings is 4. The summed E-state index contributed by atoms with van der Waals surface area (Å²) in [5.41, 5.74) is 2.59. The van der Waals surface area contributed by atoms with Crippen molar-refractivity contribution in [3.05, 3.63) is 89.5 Å². The highest BCUT2D eigenvalue weighted by Gasteiger charge is 2.23. The van der Waals surface area contributed by atoms with E-state index in [0.717, 1.165) is 33.5 Å². The molecular formula is C29H29ClF2N4O4S2. The van der Waals surface area contributed by atoms with Crippen molar-refractivity contribution in [2.24, 2.45) is 0 Å². The fraction of sp³-hybridized carbons (Fsp3) is 0.207. The number of nitrogens with one attached hydrogen (secondary N) is 1. The van der Waals surface area contributed by atoms with Gasteiger partial charge < -0.3 is 9.64 Å². The van der Waals surface area contributed by atoms with E-state index >= 15 is 0 Å². The van der Waals surface area contributed by atoms with E-state index in [2.05, 4.69) is 24.3 Å². The summed E-state index contributed by atoms with van der Waals surface area (Å²) in [4.78, 5) is 14.8. The number of halogens is 3. The monoisotopic (exact) mass is 634 g/mol. The van der Waals surface area contributed by atoms with Crippen molar-refractivity contribution in [2.75, 3.05) is 45.7 Å². The first-order valence-corrected chi connectivity index (χ1v) is 14.9. The van der Waals surface area contributed by atoms with E-state index in [-0.39, 0.29) is 17.2 Å². The SMILES string of the molecule is CN(CCN(CC(=O)NO)S(=O)c1cc(F)c(Oc2ccc(Cl)cc2)c(F)c1)Sc1ccc2ccc(N(C)C)cc2c1. The Morgan fingerprint density at radius 1 is 0.952 bits per heavy atom. The first kappa shape index (κ1) is 31.7. The highest BCUT2D eigenvalue weighted by atomic mass is 35.5. The van der Waals surface area contributed by atoms with Crippen molar-refractivity contribution < 1.29 is 27.7 Å². The zero-order valence-electron chi connectivity index (χ0n) is 23.0. The first-order valence-electron chi connectivity index (χ1n) is 12.7. The Morgan fingerprint density at radius 2 is 1.62 bits per heavy atom. The summed E-state index contributed by atoms with van der Waals surface area (Å²) >= 11 is 7.29. The van der Waals surface area contributed by atoms with Gasteiger partial charge in [0.2, 0.25) is 0 Å². The molecule has 13 heteroatoms. The van der Waals surface area contributed by atoms with Gasteiger partial charge in [-0.05, 0) is 90.4 Å². The maximum atomic E-state index is 14.9. The van der Waals surface area contributed by atoms with Gasteiger partial charge in [-0.15, -0.1) is 0 Å². The predicted octanol–water partition coefficient (Wildman–Crippen LogP) is 6.10. The molecule has 0 fully saturated rings. The molecule has 0 saturated carbocycles. The summed E-state index contributed by atoms with van der Waals surface area (Å²) < 4.78 is 51.6. The number of anilines is 1. The largest absolute Gasteiger partial charge is 0.451 e. The lowest BCUT2D eigenvalue weighted by molar-refractivity contribution is -0.129. The fourth-order valence-electron chi connectivity index (χ4n) is 3.95. The van der Waals surface area contributed by atoms with Gasteiger partial charge in [0.15, 0.2) is 17.4 Å². The summed E-state index contributed by atoms with van der Waals surface area (Å²) in [6.45, 7) is -0.0705. The average molecular weight is 635 g/mol. The summed E-state index contributed by atoms with van der Waals surface area (Å²) in [5.74, 6) is -3.46. The maximum Gasteiger partial charge on any atom is 0.258 e. The number of amides is 1. The highest BCUT2D eigenvalue weighted by Crippen LogP contribution is 2.31. The summed E-state index contributed by atoms with van der Waals surface area (Å²) in [6, 6.07) is 20.0. The van der Waals surface area contributed by atoms with Crippen LogP contribution in [0.3, 0.4) is 0 Å². The molecule has 42 heavy (non-hydrogen) atoms. The van der Waals surface area contributed by atoms with Crippen LogP contribution in [0.1, 0.15) is 0 Å². The van der Waals surface area contributed by atoms with Gasteiger partial charge in [0.1, 0.15) is 16.7 Å². The number of hydrogen-bond acceptors (Lipinski definition) is 7. The summed E-state index contributed by atoms with van der Waals surface area (Å²) in [7, 11) is 3.65. The highest BCUT2D eigenvalue weighted by molar-refractivity contribution is 7.97. The zero-order valence-corrected chi connectivity index (χ0v) is 25.4. The van der Waals surface area contributed by atoms with Gasteiger partial charge in [-0.1, -0.05) is 23.7 Å². The molecule has 0 bridgehead atoms. The Bertz CT molecular complexity index is 1570. The number of ether oxygens (including phenoxy) is 1. The van der Waals surface area contributed by atoms with Crippen LogP contribution in [-0.2, 0) is 15.8 Å². The Balaban J connectivity index is 1.46. The van der Waals surface area contributed by atoms with Gasteiger partial charge in [-0.25, -0.2) is 27.1 Å². The second kappa shape index (κ2) is 14.3. The quantitative estimate of drug-likeness (QED) is 0.111. The third kappa shape index (κ3) is 8.18. The van der Waals surface area contributed by atoms with Gasteiger partial charge in [-0.2, -0.15) is 0 Å². The van der Waals surface area contributed by atoms with E-state index in [4.69, 9.17) is 21.5 Å². The summed E-state index contributed by atoms with van der Waals surface area (Å²) in [5, 5.41) is 11.7. The van der Waals surface area contributed by atoms with E-state index in [0.29, 0.717) is 11.6 Å². The topological polar surface area (TPSA) is 85.3 Å². The van der Waals surface area contributed by atoms with Crippen LogP contribution in [0.5, 0.6) is 11.5 Å². The number of carbonyl (C=O) groups is 1. The Kier molecular flexibility index (Phi) is 10.8. The van der Waals surface area contributed by atoms with E-state index in [1.807, 2.05) is 42.5 Å². The number of carbonyl (C=O) groups excluding carboxylic acids is 1. The fourth-order valence-corrected chi connectivity index (χ4v) is 6.10. The molecule has 0 aliphatic rings. The lowest BCUT2D eigenvalue weighted by atomic mass is 10.1. The molecule has 1 unspecified atom stereocenters.